The summed E-state index contributed by atoms with van der Waals surface area (Å²) >= 11 is 0. The minimum absolute atomic E-state index is 0.000500. The smallest absolute Gasteiger partial charge is 0.410 e. The molecule has 0 aromatic rings. The van der Waals surface area contributed by atoms with Crippen molar-refractivity contribution in [1.29, 1.82) is 0 Å². The Kier molecular flexibility index (Phi) is 37.6. The average molecular weight is 1310 g/mol. The predicted octanol–water partition coefficient (Wildman–Crippen LogP) is 4.09. The number of nitrogens with zero attached hydrogens (tertiary/aromatic N) is 6. The Hall–Kier alpha value is -6.27. The van der Waals surface area contributed by atoms with Gasteiger partial charge in [-0.2, -0.15) is 0 Å². The molecule has 91 heavy (non-hydrogen) atoms. The van der Waals surface area contributed by atoms with Crippen LogP contribution in [0, 0.1) is 34.5 Å². The van der Waals surface area contributed by atoms with Crippen LogP contribution in [0.25, 0.3) is 0 Å². The lowest BCUT2D eigenvalue weighted by Gasteiger charge is -2.23. The van der Waals surface area contributed by atoms with Gasteiger partial charge in [0.25, 0.3) is 0 Å². The van der Waals surface area contributed by atoms with Crippen molar-refractivity contribution in [3.63, 3.8) is 0 Å². The molecular formula is C62H108N6O23. The minimum Gasteiger partial charge on any atom is -0.444 e. The van der Waals surface area contributed by atoms with Crippen molar-refractivity contribution in [3.8, 4) is 0 Å². The number of hydrogen-bond acceptors (Lipinski definition) is 23. The van der Waals surface area contributed by atoms with E-state index in [1.54, 1.807) is 18.7 Å². The van der Waals surface area contributed by atoms with Gasteiger partial charge in [0.1, 0.15) is 36.6 Å². The maximum Gasteiger partial charge on any atom is 0.410 e. The maximum absolute atomic E-state index is 11.9. The van der Waals surface area contributed by atoms with E-state index >= 15 is 0 Å². The van der Waals surface area contributed by atoms with Crippen molar-refractivity contribution in [3.05, 3.63) is 0 Å². The van der Waals surface area contributed by atoms with E-state index in [9.17, 15) is 52.7 Å². The number of Topliss-reactive ketones (excluding diaryl/α,β-unsaturated/α-hetero) is 5. The molecule has 0 aromatic carbocycles. The number of aliphatic hydroxyl groups is 6. The highest BCUT2D eigenvalue weighted by atomic mass is 16.6. The average Bonchev–Trinajstić information content (AvgIpc) is 3.90. The zero-order valence-corrected chi connectivity index (χ0v) is 56.3. The number of cyclic esters (lactones) is 6. The van der Waals surface area contributed by atoms with Crippen molar-refractivity contribution in [2.45, 2.75) is 179 Å². The molecule has 0 spiro atoms. The molecule has 0 aromatic heterocycles. The van der Waals surface area contributed by atoms with Crippen LogP contribution >= 0.6 is 0 Å². The molecule has 6 rings (SSSR count). The Morgan fingerprint density at radius 3 is 1.03 bits per heavy atom. The van der Waals surface area contributed by atoms with Gasteiger partial charge in [0.2, 0.25) is 0 Å². The number of carbonyl (C=O) groups excluding carboxylic acids is 11. The van der Waals surface area contributed by atoms with Crippen LogP contribution in [-0.4, -0.2) is 280 Å². The zero-order chi connectivity index (χ0) is 69.5. The summed E-state index contributed by atoms with van der Waals surface area (Å²) in [5, 5.41) is 52.7. The molecule has 6 N–H and O–H groups in total. The van der Waals surface area contributed by atoms with Gasteiger partial charge < -0.3 is 64.0 Å². The number of amides is 6. The van der Waals surface area contributed by atoms with E-state index in [4.69, 9.17) is 59.1 Å². The summed E-state index contributed by atoms with van der Waals surface area (Å²) in [6.07, 6.45) is -0.559. The topological polar surface area (TPSA) is 384 Å². The van der Waals surface area contributed by atoms with Crippen LogP contribution in [0.15, 0.2) is 0 Å². The fourth-order valence-electron chi connectivity index (χ4n) is 9.77. The Bertz CT molecular complexity index is 2320. The lowest BCUT2D eigenvalue weighted by atomic mass is 9.83. The van der Waals surface area contributed by atoms with Gasteiger partial charge in [0.15, 0.2) is 28.9 Å². The van der Waals surface area contributed by atoms with E-state index in [-0.39, 0.29) is 142 Å². The first-order valence-electron chi connectivity index (χ1n) is 31.5. The molecule has 524 valence electrons. The number of ketones is 5. The van der Waals surface area contributed by atoms with Crippen molar-refractivity contribution in [2.75, 3.05) is 118 Å². The predicted molar refractivity (Wildman–Crippen MR) is 329 cm³/mol. The van der Waals surface area contributed by atoms with Crippen LogP contribution < -0.4 is 0 Å². The molecule has 0 aliphatic carbocycles. The first-order chi connectivity index (χ1) is 42.5. The molecule has 6 heterocycles. The lowest BCUT2D eigenvalue weighted by molar-refractivity contribution is -0.124. The second-order valence-electron chi connectivity index (χ2n) is 26.2. The first-order valence-corrected chi connectivity index (χ1v) is 31.5. The molecular weight excluding hydrogens is 1200 g/mol. The summed E-state index contributed by atoms with van der Waals surface area (Å²) in [5.74, 6) is 0.368. The normalized spacial score (nSPS) is 21.7. The van der Waals surface area contributed by atoms with E-state index in [1.165, 1.54) is 24.5 Å². The summed E-state index contributed by atoms with van der Waals surface area (Å²) in [5.41, 5.74) is 0.130. The van der Waals surface area contributed by atoms with Crippen LogP contribution in [0.4, 0.5) is 28.8 Å². The highest BCUT2D eigenvalue weighted by Gasteiger charge is 2.37. The van der Waals surface area contributed by atoms with Gasteiger partial charge in [0.05, 0.1) is 105 Å². The molecule has 8 unspecified atom stereocenters. The highest BCUT2D eigenvalue weighted by Crippen LogP contribution is 2.27. The van der Waals surface area contributed by atoms with E-state index in [1.807, 2.05) is 55.4 Å². The number of rotatable bonds is 28. The number of ether oxygens (including phenoxy) is 6. The fourth-order valence-corrected chi connectivity index (χ4v) is 9.77. The summed E-state index contributed by atoms with van der Waals surface area (Å²) in [4.78, 5) is 134. The third-order valence-electron chi connectivity index (χ3n) is 14.8. The largest absolute Gasteiger partial charge is 0.444 e. The van der Waals surface area contributed by atoms with E-state index < -0.39 is 61.0 Å². The second-order valence-corrected chi connectivity index (χ2v) is 26.2. The van der Waals surface area contributed by atoms with Crippen molar-refractivity contribution in [1.82, 2.24) is 29.4 Å². The van der Waals surface area contributed by atoms with Crippen molar-refractivity contribution >= 4 is 65.5 Å². The molecule has 0 radical (unpaired) electrons. The maximum atomic E-state index is 11.9. The zero-order valence-electron chi connectivity index (χ0n) is 56.3. The van der Waals surface area contributed by atoms with E-state index in [2.05, 4.69) is 27.7 Å². The molecule has 6 aliphatic heterocycles. The monoisotopic (exact) mass is 1300 g/mol. The Morgan fingerprint density at radius 1 is 0.429 bits per heavy atom. The van der Waals surface area contributed by atoms with Crippen LogP contribution in [0.1, 0.15) is 142 Å². The lowest BCUT2D eigenvalue weighted by Crippen LogP contribution is -2.34. The van der Waals surface area contributed by atoms with Crippen LogP contribution in [0.2, 0.25) is 0 Å². The summed E-state index contributed by atoms with van der Waals surface area (Å²) < 4.78 is 29.1. The molecule has 0 bridgehead atoms. The number of aliphatic hydroxyl groups excluding tert-OH is 6. The third kappa shape index (κ3) is 31.7. The van der Waals surface area contributed by atoms with Crippen LogP contribution in [0.3, 0.4) is 0 Å². The van der Waals surface area contributed by atoms with Crippen LogP contribution in [0.5, 0.6) is 0 Å². The third-order valence-corrected chi connectivity index (χ3v) is 14.8. The Balaban J connectivity index is 0.000000549. The number of hydrogen-bond donors (Lipinski definition) is 6. The molecule has 8 atom stereocenters. The van der Waals surface area contributed by atoms with Crippen LogP contribution in [-0.2, 0) is 52.4 Å². The fraction of sp³-hybridized carbons (Fsp3) is 0.823. The standard InChI is InChI=1S/C14H25NO4.2C11H19NO4.C10H17NO4.C9H15NO4.C7H13NO3/c1-10(6-14(2,3)4)5-11(17)7-15-8-12(9-16)19-13(15)18;1-11(2,3)4-8(14)5-12-6-9(7-13)16-10(12)15;1-3-8(4-2)10(14)6-12-5-9(7-13)16-11(12)15;1-3-7(2)9(13)5-11-4-8(6-12)15-10(11)14;1-6(2)8(12)4-10-3-7(5-11)14-9(10)13;1-2-8-5-6(3-4-9)11-7(8)10/h10,12,16H,5-9H2,1-4H3;9,13H,4-7H2,1-3H3;8-9,13H,3-7H2,1-2H3;7-8,12H,3-6H2,1-2H3;6-7,11H,3-5H2,1-2H3;6,9H,2-5H2,1H3. The molecule has 0 saturated carbocycles. The van der Waals surface area contributed by atoms with Gasteiger partial charge in [0, 0.05) is 50.2 Å². The second kappa shape index (κ2) is 41.3. The molecule has 6 saturated heterocycles. The van der Waals surface area contributed by atoms with Gasteiger partial charge in [-0.3, -0.25) is 48.5 Å². The molecule has 29 nitrogen and oxygen atoms in total. The minimum atomic E-state index is -0.516. The Labute approximate surface area is 536 Å². The van der Waals surface area contributed by atoms with Crippen molar-refractivity contribution < 1.29 is 112 Å². The summed E-state index contributed by atoms with van der Waals surface area (Å²) in [7, 11) is 0. The molecule has 29 heteroatoms. The summed E-state index contributed by atoms with van der Waals surface area (Å²) in [6.45, 7) is 29.9. The molecule has 6 fully saturated rings. The van der Waals surface area contributed by atoms with Gasteiger partial charge in [-0.15, -0.1) is 0 Å². The summed E-state index contributed by atoms with van der Waals surface area (Å²) in [6, 6.07) is 0. The van der Waals surface area contributed by atoms with Crippen molar-refractivity contribution in [2.24, 2.45) is 34.5 Å². The molecule has 6 amide bonds. The SMILES string of the molecule is CC(C)(C)CC(=O)CN1CC(CO)OC1=O.CC(C)C(=O)CN1CC(CO)OC1=O.CC(CC(=O)CN1CC(CO)OC1=O)CC(C)(C)C.CCC(C)C(=O)CN1CC(CO)OC1=O.CCC(CC)C(=O)CN1CC(CO)OC1=O.CCN1CC(CCO)OC1=O. The quantitative estimate of drug-likeness (QED) is 0.0601. The highest BCUT2D eigenvalue weighted by molar-refractivity contribution is 5.88. The van der Waals surface area contributed by atoms with Gasteiger partial charge in [-0.1, -0.05) is 90.0 Å². The van der Waals surface area contributed by atoms with Gasteiger partial charge in [-0.05, 0) is 49.4 Å². The number of likely N-dealkylation sites (N-methyl/N-ethyl adjacent to an activating group) is 1. The van der Waals surface area contributed by atoms with E-state index in [0.29, 0.717) is 71.0 Å². The number of carbonyl (C=O) groups is 11. The van der Waals surface area contributed by atoms with E-state index in [0.717, 1.165) is 25.7 Å². The van der Waals surface area contributed by atoms with Gasteiger partial charge >= 0.3 is 36.6 Å². The van der Waals surface area contributed by atoms with Gasteiger partial charge in [-0.25, -0.2) is 28.8 Å². The Morgan fingerprint density at radius 2 is 0.747 bits per heavy atom. The molecule has 6 aliphatic rings. The first kappa shape index (κ1) is 82.7.